The maximum atomic E-state index is 13.7. The van der Waals surface area contributed by atoms with Gasteiger partial charge in [-0.05, 0) is 12.1 Å². The number of rotatable bonds is 5. The molecule has 1 heterocycles. The van der Waals surface area contributed by atoms with Crippen molar-refractivity contribution in [2.45, 2.75) is 0 Å². The highest BCUT2D eigenvalue weighted by atomic mass is 19.1. The van der Waals surface area contributed by atoms with Gasteiger partial charge in [-0.3, -0.25) is 0 Å². The molecule has 2 rings (SSSR count). The molecule has 0 radical (unpaired) electrons. The number of nitrogens with zero attached hydrogens (tertiary/aromatic N) is 1. The van der Waals surface area contributed by atoms with Gasteiger partial charge in [0.2, 0.25) is 0 Å². The second-order valence-electron chi connectivity index (χ2n) is 3.75. The largest absolute Gasteiger partial charge is 0.490 e. The number of hydrogen-bond acceptors (Lipinski definition) is 4. The van der Waals surface area contributed by atoms with E-state index in [9.17, 15) is 9.18 Å². The molecule has 1 aromatic heterocycles. The van der Waals surface area contributed by atoms with E-state index < -0.39 is 11.5 Å². The van der Waals surface area contributed by atoms with E-state index in [1.54, 1.807) is 31.4 Å². The van der Waals surface area contributed by atoms with Gasteiger partial charge in [0.15, 0.2) is 5.82 Å². The summed E-state index contributed by atoms with van der Waals surface area (Å²) in [6, 6.07) is 6.86. The fraction of sp³-hybridized carbons (Fsp3) is 0.231. The lowest BCUT2D eigenvalue weighted by Crippen LogP contribution is -2.12. The van der Waals surface area contributed by atoms with E-state index >= 15 is 0 Å². The number of para-hydroxylation sites is 1. The second kappa shape index (κ2) is 6.10. The van der Waals surface area contributed by atoms with Crippen LogP contribution in [0.3, 0.4) is 0 Å². The molecule has 2 aromatic rings. The van der Waals surface area contributed by atoms with E-state index in [2.05, 4.69) is 9.97 Å². The number of methoxy groups -OCH3 is 1. The van der Waals surface area contributed by atoms with Crippen LogP contribution in [0.25, 0.3) is 11.3 Å². The summed E-state index contributed by atoms with van der Waals surface area (Å²) in [4.78, 5) is 16.9. The van der Waals surface area contributed by atoms with Crippen LogP contribution in [-0.4, -0.2) is 30.3 Å². The minimum Gasteiger partial charge on any atom is -0.490 e. The Morgan fingerprint density at radius 2 is 2.11 bits per heavy atom. The van der Waals surface area contributed by atoms with Gasteiger partial charge in [-0.25, -0.2) is 9.18 Å². The number of hydrogen-bond donors (Lipinski definition) is 1. The second-order valence-corrected chi connectivity index (χ2v) is 3.75. The van der Waals surface area contributed by atoms with Crippen molar-refractivity contribution in [1.82, 2.24) is 9.97 Å². The molecular formula is C13H13FN2O3. The zero-order chi connectivity index (χ0) is 13.7. The number of nitrogens with one attached hydrogen (secondary N) is 1. The molecule has 5 nitrogen and oxygen atoms in total. The number of H-pyrrole nitrogens is 1. The molecule has 0 atom stereocenters. The predicted octanol–water partition coefficient (Wildman–Crippen LogP) is 1.60. The van der Waals surface area contributed by atoms with Crippen molar-refractivity contribution >= 4 is 0 Å². The van der Waals surface area contributed by atoms with Crippen molar-refractivity contribution in [3.05, 3.63) is 46.8 Å². The van der Waals surface area contributed by atoms with E-state index in [0.717, 1.165) is 6.20 Å². The summed E-state index contributed by atoms with van der Waals surface area (Å²) in [5, 5.41) is 0. The first kappa shape index (κ1) is 13.2. The fourth-order valence-corrected chi connectivity index (χ4v) is 1.61. The zero-order valence-corrected chi connectivity index (χ0v) is 10.4. The summed E-state index contributed by atoms with van der Waals surface area (Å²) in [7, 11) is 1.56. The molecule has 0 aliphatic carbocycles. The zero-order valence-electron chi connectivity index (χ0n) is 10.4. The van der Waals surface area contributed by atoms with Gasteiger partial charge < -0.3 is 14.5 Å². The lowest BCUT2D eigenvalue weighted by Gasteiger charge is -2.11. The van der Waals surface area contributed by atoms with Gasteiger partial charge >= 0.3 is 5.69 Å². The maximum Gasteiger partial charge on any atom is 0.345 e. The molecular weight excluding hydrogens is 251 g/mol. The highest BCUT2D eigenvalue weighted by molar-refractivity contribution is 5.67. The highest BCUT2D eigenvalue weighted by Crippen LogP contribution is 2.29. The van der Waals surface area contributed by atoms with Crippen molar-refractivity contribution in [3.63, 3.8) is 0 Å². The lowest BCUT2D eigenvalue weighted by atomic mass is 10.1. The SMILES string of the molecule is COCCOc1ccccc1-c1[nH]c(=O)ncc1F. The van der Waals surface area contributed by atoms with Crippen molar-refractivity contribution in [1.29, 1.82) is 0 Å². The third-order valence-electron chi connectivity index (χ3n) is 2.47. The predicted molar refractivity (Wildman–Crippen MR) is 67.6 cm³/mol. The van der Waals surface area contributed by atoms with Crippen LogP contribution >= 0.6 is 0 Å². The van der Waals surface area contributed by atoms with Gasteiger partial charge in [-0.15, -0.1) is 0 Å². The van der Waals surface area contributed by atoms with Gasteiger partial charge in [-0.2, -0.15) is 4.98 Å². The van der Waals surface area contributed by atoms with Crippen molar-refractivity contribution in [2.24, 2.45) is 0 Å². The van der Waals surface area contributed by atoms with Crippen LogP contribution in [0.2, 0.25) is 0 Å². The number of aromatic nitrogens is 2. The minimum atomic E-state index is -0.609. The molecule has 0 aliphatic rings. The number of aromatic amines is 1. The summed E-state index contributed by atoms with van der Waals surface area (Å²) < 4.78 is 24.1. The van der Waals surface area contributed by atoms with E-state index in [-0.39, 0.29) is 5.69 Å². The first-order valence-corrected chi connectivity index (χ1v) is 5.68. The Bertz CT molecular complexity index is 613. The molecule has 0 saturated carbocycles. The smallest absolute Gasteiger partial charge is 0.345 e. The number of benzene rings is 1. The molecule has 0 saturated heterocycles. The molecule has 0 bridgehead atoms. The van der Waals surface area contributed by atoms with Crippen molar-refractivity contribution < 1.29 is 13.9 Å². The van der Waals surface area contributed by atoms with Crippen LogP contribution < -0.4 is 10.4 Å². The Morgan fingerprint density at radius 1 is 1.32 bits per heavy atom. The number of ether oxygens (including phenoxy) is 2. The van der Waals surface area contributed by atoms with Crippen LogP contribution in [0.15, 0.2) is 35.3 Å². The molecule has 100 valence electrons. The van der Waals surface area contributed by atoms with Crippen LogP contribution in [0.1, 0.15) is 0 Å². The summed E-state index contributed by atoms with van der Waals surface area (Å²) in [5.74, 6) is -0.136. The Morgan fingerprint density at radius 3 is 2.89 bits per heavy atom. The summed E-state index contributed by atoms with van der Waals surface area (Å²) in [6.45, 7) is 0.758. The average Bonchev–Trinajstić information content (AvgIpc) is 2.42. The van der Waals surface area contributed by atoms with E-state index in [1.165, 1.54) is 0 Å². The first-order valence-electron chi connectivity index (χ1n) is 5.68. The Balaban J connectivity index is 2.38. The van der Waals surface area contributed by atoms with E-state index in [1.807, 2.05) is 0 Å². The normalized spacial score (nSPS) is 10.4. The van der Waals surface area contributed by atoms with Gasteiger partial charge in [-0.1, -0.05) is 12.1 Å². The third-order valence-corrected chi connectivity index (χ3v) is 2.47. The van der Waals surface area contributed by atoms with Crippen LogP contribution in [0, 0.1) is 5.82 Å². The molecule has 0 amide bonds. The van der Waals surface area contributed by atoms with Gasteiger partial charge in [0.25, 0.3) is 0 Å². The molecule has 0 aliphatic heterocycles. The maximum absolute atomic E-state index is 13.7. The van der Waals surface area contributed by atoms with Crippen molar-refractivity contribution in [2.75, 3.05) is 20.3 Å². The molecule has 19 heavy (non-hydrogen) atoms. The summed E-state index contributed by atoms with van der Waals surface area (Å²) in [6.07, 6.45) is 0.889. The van der Waals surface area contributed by atoms with Crippen LogP contribution in [0.5, 0.6) is 5.75 Å². The Hall–Kier alpha value is -2.21. The third kappa shape index (κ3) is 3.17. The molecule has 1 N–H and O–H groups in total. The standard InChI is InChI=1S/C13H13FN2O3/c1-18-6-7-19-11-5-3-2-4-9(11)12-10(14)8-15-13(17)16-12/h2-5,8H,6-7H2,1H3,(H,15,16,17). The lowest BCUT2D eigenvalue weighted by molar-refractivity contribution is 0.146. The molecule has 0 unspecified atom stereocenters. The van der Waals surface area contributed by atoms with Gasteiger partial charge in [0.05, 0.1) is 18.5 Å². The van der Waals surface area contributed by atoms with Gasteiger partial charge in [0.1, 0.15) is 12.4 Å². The highest BCUT2D eigenvalue weighted by Gasteiger charge is 2.11. The minimum absolute atomic E-state index is 0.0630. The monoisotopic (exact) mass is 264 g/mol. The van der Waals surface area contributed by atoms with E-state index in [4.69, 9.17) is 9.47 Å². The summed E-state index contributed by atoms with van der Waals surface area (Å²) >= 11 is 0. The topological polar surface area (TPSA) is 64.2 Å². The molecule has 1 aromatic carbocycles. The van der Waals surface area contributed by atoms with Crippen LogP contribution in [-0.2, 0) is 4.74 Å². The summed E-state index contributed by atoms with van der Waals surface area (Å²) in [5.41, 5.74) is -0.0771. The fourth-order valence-electron chi connectivity index (χ4n) is 1.61. The Kier molecular flexibility index (Phi) is 4.25. The first-order chi connectivity index (χ1) is 9.22. The van der Waals surface area contributed by atoms with Crippen molar-refractivity contribution in [3.8, 4) is 17.0 Å². The quantitative estimate of drug-likeness (QED) is 0.833. The van der Waals surface area contributed by atoms with Gasteiger partial charge in [0, 0.05) is 12.7 Å². The molecule has 6 heteroatoms. The Labute approximate surface area is 109 Å². The molecule has 0 spiro atoms. The van der Waals surface area contributed by atoms with E-state index in [0.29, 0.717) is 24.5 Å². The molecule has 0 fully saturated rings. The number of halogens is 1. The van der Waals surface area contributed by atoms with Crippen LogP contribution in [0.4, 0.5) is 4.39 Å². The average molecular weight is 264 g/mol.